The largest absolute Gasteiger partial charge is 0.295 e. The second-order valence-electron chi connectivity index (χ2n) is 8.80. The molecule has 0 N–H and O–H groups in total. The molecule has 3 fully saturated rings. The molecule has 4 aliphatic rings. The van der Waals surface area contributed by atoms with E-state index in [-0.39, 0.29) is 5.41 Å². The zero-order chi connectivity index (χ0) is 16.4. The van der Waals surface area contributed by atoms with E-state index in [0.29, 0.717) is 48.2 Å². The smallest absolute Gasteiger partial charge is 0.176 e. The lowest BCUT2D eigenvalue weighted by molar-refractivity contribution is -0.116. The molecule has 7 atom stereocenters. The Labute approximate surface area is 139 Å². The van der Waals surface area contributed by atoms with Gasteiger partial charge < -0.3 is 0 Å². The number of ketones is 1. The molecule has 2 heteroatoms. The molecule has 1 nitrogen and oxygen atoms in total. The summed E-state index contributed by atoms with van der Waals surface area (Å²) in [7, 11) is 0. The average molecular weight is 314 g/mol. The van der Waals surface area contributed by atoms with Crippen LogP contribution in [0.4, 0.5) is 4.39 Å². The molecule has 0 amide bonds. The number of carbonyl (C=O) groups excluding carboxylic acids is 1. The van der Waals surface area contributed by atoms with E-state index in [1.807, 2.05) is 6.08 Å². The van der Waals surface area contributed by atoms with Crippen LogP contribution in [0.3, 0.4) is 0 Å². The van der Waals surface area contributed by atoms with Crippen LogP contribution < -0.4 is 0 Å². The van der Waals surface area contributed by atoms with E-state index < -0.39 is 5.67 Å². The van der Waals surface area contributed by atoms with Gasteiger partial charge in [0.25, 0.3) is 0 Å². The summed E-state index contributed by atoms with van der Waals surface area (Å²) < 4.78 is 15.3. The average Bonchev–Trinajstić information content (AvgIpc) is 2.79. The van der Waals surface area contributed by atoms with Crippen LogP contribution in [0.2, 0.25) is 0 Å². The summed E-state index contributed by atoms with van der Waals surface area (Å²) in [4.78, 5) is 11.8. The maximum atomic E-state index is 15.3. The minimum Gasteiger partial charge on any atom is -0.295 e. The van der Waals surface area contributed by atoms with Gasteiger partial charge >= 0.3 is 0 Å². The summed E-state index contributed by atoms with van der Waals surface area (Å²) in [5.74, 6) is 5.57. The number of halogens is 1. The second kappa shape index (κ2) is 4.95. The van der Waals surface area contributed by atoms with Crippen molar-refractivity contribution < 1.29 is 9.18 Å². The highest BCUT2D eigenvalue weighted by atomic mass is 19.1. The fourth-order valence-electron chi connectivity index (χ4n) is 6.81. The number of hydrogen-bond donors (Lipinski definition) is 0. The lowest BCUT2D eigenvalue weighted by atomic mass is 9.48. The van der Waals surface area contributed by atoms with E-state index in [1.54, 1.807) is 0 Å². The van der Waals surface area contributed by atoms with E-state index in [1.165, 1.54) is 5.57 Å². The topological polar surface area (TPSA) is 17.1 Å². The minimum absolute atomic E-state index is 0.304. The molecule has 0 bridgehead atoms. The highest BCUT2D eigenvalue weighted by Gasteiger charge is 2.64. The monoisotopic (exact) mass is 314 g/mol. The van der Waals surface area contributed by atoms with Gasteiger partial charge in [-0.25, -0.2) is 4.39 Å². The fraction of sp³-hybridized carbons (Fsp3) is 0.762. The van der Waals surface area contributed by atoms with Crippen LogP contribution in [0.15, 0.2) is 11.6 Å². The van der Waals surface area contributed by atoms with Crippen molar-refractivity contribution in [2.24, 2.45) is 35.0 Å². The van der Waals surface area contributed by atoms with E-state index >= 15 is 4.39 Å². The summed E-state index contributed by atoms with van der Waals surface area (Å²) in [6.07, 6.45) is 13.7. The number of hydrogen-bond acceptors (Lipinski definition) is 1. The number of carbonyl (C=O) groups is 1. The van der Waals surface area contributed by atoms with Crippen molar-refractivity contribution in [3.8, 4) is 12.3 Å². The van der Waals surface area contributed by atoms with Gasteiger partial charge in [-0.15, -0.1) is 6.42 Å². The van der Waals surface area contributed by atoms with Gasteiger partial charge in [-0.05, 0) is 74.2 Å². The Morgan fingerprint density at radius 3 is 2.83 bits per heavy atom. The van der Waals surface area contributed by atoms with E-state index in [9.17, 15) is 4.79 Å². The van der Waals surface area contributed by atoms with Crippen LogP contribution in [0, 0.1) is 47.3 Å². The third-order valence-electron chi connectivity index (χ3n) is 7.96. The van der Waals surface area contributed by atoms with Crippen LogP contribution >= 0.6 is 0 Å². The highest BCUT2D eigenvalue weighted by molar-refractivity contribution is 5.91. The van der Waals surface area contributed by atoms with Gasteiger partial charge in [-0.1, -0.05) is 25.3 Å². The molecule has 0 saturated heterocycles. The highest BCUT2D eigenvalue weighted by Crippen LogP contribution is 2.66. The molecule has 0 radical (unpaired) electrons. The first-order chi connectivity index (χ1) is 10.9. The van der Waals surface area contributed by atoms with Crippen LogP contribution in [0.1, 0.15) is 58.8 Å². The van der Waals surface area contributed by atoms with Crippen molar-refractivity contribution in [3.63, 3.8) is 0 Å². The number of fused-ring (bicyclic) bond motifs is 5. The predicted molar refractivity (Wildman–Crippen MR) is 89.3 cm³/mol. The van der Waals surface area contributed by atoms with Gasteiger partial charge in [-0.3, -0.25) is 4.79 Å². The van der Waals surface area contributed by atoms with Gasteiger partial charge in [0.2, 0.25) is 0 Å². The first-order valence-corrected chi connectivity index (χ1v) is 9.29. The van der Waals surface area contributed by atoms with Crippen molar-refractivity contribution in [2.75, 3.05) is 0 Å². The molecule has 4 aliphatic carbocycles. The molecule has 3 saturated carbocycles. The number of alkyl halides is 1. The van der Waals surface area contributed by atoms with Crippen molar-refractivity contribution in [1.82, 2.24) is 0 Å². The predicted octanol–water partition coefficient (Wildman–Crippen LogP) is 4.72. The van der Waals surface area contributed by atoms with E-state index in [0.717, 1.165) is 32.1 Å². The quantitative estimate of drug-likeness (QED) is 0.592. The third kappa shape index (κ3) is 1.95. The van der Waals surface area contributed by atoms with E-state index in [4.69, 9.17) is 6.42 Å². The lowest BCUT2D eigenvalue weighted by Gasteiger charge is -2.56. The first-order valence-electron chi connectivity index (χ1n) is 9.29. The second-order valence-corrected chi connectivity index (χ2v) is 8.80. The maximum absolute atomic E-state index is 15.3. The zero-order valence-electron chi connectivity index (χ0n) is 14.3. The molecule has 0 heterocycles. The van der Waals surface area contributed by atoms with Gasteiger partial charge in [0, 0.05) is 11.8 Å². The number of rotatable bonds is 0. The third-order valence-corrected chi connectivity index (χ3v) is 7.96. The Hall–Kier alpha value is -1.10. The summed E-state index contributed by atoms with van der Waals surface area (Å²) in [5.41, 5.74) is -0.371. The molecule has 0 aromatic rings. The Morgan fingerprint density at radius 2 is 2.09 bits per heavy atom. The lowest BCUT2D eigenvalue weighted by Crippen LogP contribution is -2.52. The Balaban J connectivity index is 1.70. The van der Waals surface area contributed by atoms with Crippen LogP contribution in [0.5, 0.6) is 0 Å². The molecule has 0 spiro atoms. The molecule has 0 aliphatic heterocycles. The fourth-order valence-corrected chi connectivity index (χ4v) is 6.81. The molecule has 4 rings (SSSR count). The van der Waals surface area contributed by atoms with E-state index in [2.05, 4.69) is 19.8 Å². The van der Waals surface area contributed by atoms with Gasteiger partial charge in [0.15, 0.2) is 11.5 Å². The summed E-state index contributed by atoms with van der Waals surface area (Å²) in [6, 6.07) is 0. The Morgan fingerprint density at radius 1 is 1.30 bits per heavy atom. The summed E-state index contributed by atoms with van der Waals surface area (Å²) in [5, 5.41) is 0. The Bertz CT molecular complexity index is 614. The molecule has 0 aromatic heterocycles. The van der Waals surface area contributed by atoms with Gasteiger partial charge in [-0.2, -0.15) is 0 Å². The van der Waals surface area contributed by atoms with Crippen LogP contribution in [-0.4, -0.2) is 11.5 Å². The number of allylic oxidation sites excluding steroid dienone is 1. The standard InChI is InChI=1S/C21H27FO/c1-4-21(22)10-8-18-19-13(2)11-14-12-15(23)5-6-16(14)17(19)7-9-20(18,21)3/h1,12-13,16-19H,5-11H2,2-3H3/t13?,16?,17?,18?,19?,20-,21+/m0/s1. The van der Waals surface area contributed by atoms with Crippen molar-refractivity contribution in [3.05, 3.63) is 11.6 Å². The van der Waals surface area contributed by atoms with Crippen molar-refractivity contribution in [2.45, 2.75) is 64.5 Å². The van der Waals surface area contributed by atoms with Gasteiger partial charge in [0.1, 0.15) is 0 Å². The normalized spacial score (nSPS) is 52.0. The molecule has 23 heavy (non-hydrogen) atoms. The maximum Gasteiger partial charge on any atom is 0.176 e. The molecular formula is C21H27FO. The van der Waals surface area contributed by atoms with Crippen LogP contribution in [0.25, 0.3) is 0 Å². The van der Waals surface area contributed by atoms with Crippen LogP contribution in [-0.2, 0) is 4.79 Å². The van der Waals surface area contributed by atoms with Gasteiger partial charge in [0.05, 0.1) is 0 Å². The van der Waals surface area contributed by atoms with Crippen molar-refractivity contribution >= 4 is 5.78 Å². The Kier molecular flexibility index (Phi) is 3.32. The summed E-state index contributed by atoms with van der Waals surface area (Å²) >= 11 is 0. The zero-order valence-corrected chi connectivity index (χ0v) is 14.3. The molecule has 0 aromatic carbocycles. The van der Waals surface area contributed by atoms with Crippen molar-refractivity contribution in [1.29, 1.82) is 0 Å². The first kappa shape index (κ1) is 15.4. The molecule has 124 valence electrons. The molecular weight excluding hydrogens is 287 g/mol. The summed E-state index contributed by atoms with van der Waals surface area (Å²) in [6.45, 7) is 4.43. The molecule has 5 unspecified atom stereocenters. The number of terminal acetylenes is 1. The minimum atomic E-state index is -1.42. The SMILES string of the molecule is C#C[C@@]1(F)CCC2C3C(C)CC4=CC(=O)CCC4C3CC[C@@]21C.